The predicted octanol–water partition coefficient (Wildman–Crippen LogP) is 3.79. The summed E-state index contributed by atoms with van der Waals surface area (Å²) in [5, 5.41) is 2.69. The van der Waals surface area contributed by atoms with Gasteiger partial charge in [-0.3, -0.25) is 14.4 Å². The highest BCUT2D eigenvalue weighted by molar-refractivity contribution is 7.99. The van der Waals surface area contributed by atoms with E-state index in [-0.39, 0.29) is 18.9 Å². The quantitative estimate of drug-likeness (QED) is 0.527. The standard InChI is InChI=1S/C22H24N2O4S/c1-16-4-10-19(11-5-16)29-14-12-22(27)28-15-20(25)23-17-6-8-18(9-7-17)24-13-2-3-21(24)26/h4-11H,2-3,12-15H2,1H3,(H,23,25). The summed E-state index contributed by atoms with van der Waals surface area (Å²) >= 11 is 1.58. The Morgan fingerprint density at radius 2 is 1.83 bits per heavy atom. The van der Waals surface area contributed by atoms with Crippen LogP contribution in [0.2, 0.25) is 0 Å². The molecule has 1 heterocycles. The number of nitrogens with zero attached hydrogens (tertiary/aromatic N) is 1. The Labute approximate surface area is 174 Å². The molecule has 0 unspecified atom stereocenters. The molecule has 0 bridgehead atoms. The number of anilines is 2. The number of thioether (sulfide) groups is 1. The lowest BCUT2D eigenvalue weighted by molar-refractivity contribution is -0.146. The topological polar surface area (TPSA) is 75.7 Å². The van der Waals surface area contributed by atoms with Gasteiger partial charge in [-0.1, -0.05) is 17.7 Å². The summed E-state index contributed by atoms with van der Waals surface area (Å²) in [6.07, 6.45) is 1.68. The molecule has 1 saturated heterocycles. The van der Waals surface area contributed by atoms with Crippen molar-refractivity contribution in [3.05, 3.63) is 54.1 Å². The van der Waals surface area contributed by atoms with E-state index in [0.29, 0.717) is 17.9 Å². The van der Waals surface area contributed by atoms with Crippen molar-refractivity contribution in [3.63, 3.8) is 0 Å². The maximum absolute atomic E-state index is 12.0. The number of carbonyl (C=O) groups is 3. The predicted molar refractivity (Wildman–Crippen MR) is 114 cm³/mol. The van der Waals surface area contributed by atoms with E-state index < -0.39 is 11.9 Å². The average Bonchev–Trinajstić information content (AvgIpc) is 3.14. The molecule has 2 aromatic rings. The molecular weight excluding hydrogens is 388 g/mol. The molecule has 0 aliphatic carbocycles. The van der Waals surface area contributed by atoms with Crippen LogP contribution in [0.4, 0.5) is 11.4 Å². The lowest BCUT2D eigenvalue weighted by Gasteiger charge is -2.16. The maximum Gasteiger partial charge on any atom is 0.307 e. The molecular formula is C22H24N2O4S. The number of hydrogen-bond donors (Lipinski definition) is 1. The molecule has 1 N–H and O–H groups in total. The fraction of sp³-hybridized carbons (Fsp3) is 0.318. The number of ether oxygens (including phenoxy) is 1. The highest BCUT2D eigenvalue weighted by Crippen LogP contribution is 2.23. The SMILES string of the molecule is Cc1ccc(SCCC(=O)OCC(=O)Nc2ccc(N3CCCC3=O)cc2)cc1. The van der Waals surface area contributed by atoms with Crippen molar-refractivity contribution in [2.45, 2.75) is 31.1 Å². The van der Waals surface area contributed by atoms with Crippen molar-refractivity contribution in [2.24, 2.45) is 0 Å². The first-order chi connectivity index (χ1) is 14.0. The van der Waals surface area contributed by atoms with Crippen LogP contribution in [-0.4, -0.2) is 36.7 Å². The lowest BCUT2D eigenvalue weighted by Crippen LogP contribution is -2.23. The molecule has 2 amide bonds. The third-order valence-electron chi connectivity index (χ3n) is 4.50. The summed E-state index contributed by atoms with van der Waals surface area (Å²) in [6.45, 7) is 2.43. The zero-order valence-corrected chi connectivity index (χ0v) is 17.2. The van der Waals surface area contributed by atoms with Crippen LogP contribution in [0.1, 0.15) is 24.8 Å². The molecule has 7 heteroatoms. The van der Waals surface area contributed by atoms with Crippen molar-refractivity contribution >= 4 is 40.9 Å². The summed E-state index contributed by atoms with van der Waals surface area (Å²) in [7, 11) is 0. The zero-order valence-electron chi connectivity index (χ0n) is 16.3. The second-order valence-electron chi connectivity index (χ2n) is 6.82. The van der Waals surface area contributed by atoms with E-state index in [1.54, 1.807) is 40.9 Å². The molecule has 0 atom stereocenters. The third kappa shape index (κ3) is 6.35. The van der Waals surface area contributed by atoms with E-state index >= 15 is 0 Å². The average molecular weight is 413 g/mol. The number of esters is 1. The van der Waals surface area contributed by atoms with Gasteiger partial charge >= 0.3 is 5.97 Å². The van der Waals surface area contributed by atoms with E-state index in [0.717, 1.165) is 23.5 Å². The fourth-order valence-electron chi connectivity index (χ4n) is 2.95. The zero-order chi connectivity index (χ0) is 20.6. The Bertz CT molecular complexity index is 865. The van der Waals surface area contributed by atoms with E-state index in [9.17, 15) is 14.4 Å². The van der Waals surface area contributed by atoms with Crippen molar-refractivity contribution in [1.82, 2.24) is 0 Å². The first-order valence-electron chi connectivity index (χ1n) is 9.56. The Morgan fingerprint density at radius 3 is 2.48 bits per heavy atom. The van der Waals surface area contributed by atoms with E-state index in [4.69, 9.17) is 4.74 Å². The van der Waals surface area contributed by atoms with Gasteiger partial charge < -0.3 is 15.0 Å². The number of aryl methyl sites for hydroxylation is 1. The van der Waals surface area contributed by atoms with E-state index in [1.807, 2.05) is 31.2 Å². The fourth-order valence-corrected chi connectivity index (χ4v) is 3.78. The Kier molecular flexibility index (Phi) is 7.30. The molecule has 6 nitrogen and oxygen atoms in total. The minimum Gasteiger partial charge on any atom is -0.456 e. The molecule has 1 fully saturated rings. The van der Waals surface area contributed by atoms with Gasteiger partial charge in [0.1, 0.15) is 0 Å². The maximum atomic E-state index is 12.0. The second kappa shape index (κ2) is 10.1. The number of rotatable bonds is 8. The van der Waals surface area contributed by atoms with Gasteiger partial charge in [0.05, 0.1) is 6.42 Å². The van der Waals surface area contributed by atoms with Gasteiger partial charge in [0.2, 0.25) is 5.91 Å². The summed E-state index contributed by atoms with van der Waals surface area (Å²) in [6, 6.07) is 15.2. The molecule has 29 heavy (non-hydrogen) atoms. The summed E-state index contributed by atoms with van der Waals surface area (Å²) in [4.78, 5) is 38.4. The molecule has 152 valence electrons. The monoisotopic (exact) mass is 412 g/mol. The highest BCUT2D eigenvalue weighted by atomic mass is 32.2. The van der Waals surface area contributed by atoms with Crippen LogP contribution in [0.5, 0.6) is 0 Å². The smallest absolute Gasteiger partial charge is 0.307 e. The van der Waals surface area contributed by atoms with Gasteiger partial charge in [-0.05, 0) is 49.7 Å². The van der Waals surface area contributed by atoms with Crippen molar-refractivity contribution in [3.8, 4) is 0 Å². The Hall–Kier alpha value is -2.80. The van der Waals surface area contributed by atoms with Gasteiger partial charge in [-0.2, -0.15) is 0 Å². The van der Waals surface area contributed by atoms with Crippen molar-refractivity contribution in [2.75, 3.05) is 29.1 Å². The number of hydrogen-bond acceptors (Lipinski definition) is 5. The van der Waals surface area contributed by atoms with E-state index in [1.165, 1.54) is 5.56 Å². The van der Waals surface area contributed by atoms with Crippen LogP contribution in [0, 0.1) is 6.92 Å². The summed E-state index contributed by atoms with van der Waals surface area (Å²) < 4.78 is 5.03. The van der Waals surface area contributed by atoms with Crippen LogP contribution in [0.3, 0.4) is 0 Å². The van der Waals surface area contributed by atoms with Gasteiger partial charge in [-0.25, -0.2) is 0 Å². The molecule has 0 spiro atoms. The van der Waals surface area contributed by atoms with Gasteiger partial charge in [0.15, 0.2) is 6.61 Å². The van der Waals surface area contributed by atoms with Gasteiger partial charge in [-0.15, -0.1) is 11.8 Å². The lowest BCUT2D eigenvalue weighted by atomic mass is 10.2. The summed E-state index contributed by atoms with van der Waals surface area (Å²) in [5.74, 6) is -0.0772. The second-order valence-corrected chi connectivity index (χ2v) is 7.98. The minimum absolute atomic E-state index is 0.120. The van der Waals surface area contributed by atoms with E-state index in [2.05, 4.69) is 5.32 Å². The van der Waals surface area contributed by atoms with Gasteiger partial charge in [0.25, 0.3) is 5.91 Å². The van der Waals surface area contributed by atoms with Crippen LogP contribution >= 0.6 is 11.8 Å². The Balaban J connectivity index is 1.36. The number of carbonyl (C=O) groups excluding carboxylic acids is 3. The number of benzene rings is 2. The molecule has 0 saturated carbocycles. The van der Waals surface area contributed by atoms with Crippen LogP contribution in [-0.2, 0) is 19.1 Å². The Morgan fingerprint density at radius 1 is 1.10 bits per heavy atom. The molecule has 2 aromatic carbocycles. The third-order valence-corrected chi connectivity index (χ3v) is 5.51. The number of nitrogens with one attached hydrogen (secondary N) is 1. The molecule has 0 aromatic heterocycles. The first-order valence-corrected chi connectivity index (χ1v) is 10.6. The van der Waals surface area contributed by atoms with Crippen LogP contribution < -0.4 is 10.2 Å². The van der Waals surface area contributed by atoms with Gasteiger partial charge in [0, 0.05) is 35.0 Å². The minimum atomic E-state index is -0.400. The molecule has 1 aliphatic rings. The van der Waals surface area contributed by atoms with Crippen molar-refractivity contribution in [1.29, 1.82) is 0 Å². The van der Waals surface area contributed by atoms with Crippen LogP contribution in [0.25, 0.3) is 0 Å². The summed E-state index contributed by atoms with van der Waals surface area (Å²) in [5.41, 5.74) is 2.61. The largest absolute Gasteiger partial charge is 0.456 e. The number of amides is 2. The first kappa shape index (κ1) is 20.9. The van der Waals surface area contributed by atoms with Crippen molar-refractivity contribution < 1.29 is 19.1 Å². The molecule has 3 rings (SSSR count). The highest BCUT2D eigenvalue weighted by Gasteiger charge is 2.21. The van der Waals surface area contributed by atoms with Crippen LogP contribution in [0.15, 0.2) is 53.4 Å². The normalized spacial score (nSPS) is 13.4. The molecule has 0 radical (unpaired) electrons. The molecule has 1 aliphatic heterocycles.